The molecule has 1 fully saturated rings. The molecular formula is C20H19Cl2N3O. The average Bonchev–Trinajstić information content (AvgIpc) is 2.99. The molecule has 1 amide bonds. The fraction of sp³-hybridized carbons (Fsp3) is 0.250. The highest BCUT2D eigenvalue weighted by Gasteiger charge is 2.25. The summed E-state index contributed by atoms with van der Waals surface area (Å²) in [4.78, 5) is 20.2. The van der Waals surface area contributed by atoms with E-state index in [9.17, 15) is 4.79 Å². The van der Waals surface area contributed by atoms with E-state index in [4.69, 9.17) is 23.2 Å². The van der Waals surface area contributed by atoms with Crippen molar-refractivity contribution in [3.05, 3.63) is 69.8 Å². The number of para-hydroxylation sites is 1. The summed E-state index contributed by atoms with van der Waals surface area (Å²) in [6.07, 6.45) is 0. The van der Waals surface area contributed by atoms with Gasteiger partial charge in [-0.05, 0) is 23.8 Å². The van der Waals surface area contributed by atoms with Crippen LogP contribution in [-0.4, -0.2) is 46.9 Å². The van der Waals surface area contributed by atoms with Gasteiger partial charge in [-0.3, -0.25) is 9.69 Å². The number of nitrogens with zero attached hydrogens (tertiary/aromatic N) is 2. The molecule has 2 heterocycles. The molecule has 1 aliphatic rings. The Hall–Kier alpha value is -2.01. The third-order valence-corrected chi connectivity index (χ3v) is 5.44. The zero-order chi connectivity index (χ0) is 18.1. The summed E-state index contributed by atoms with van der Waals surface area (Å²) in [6, 6.07) is 15.6. The number of carbonyl (C=O) groups excluding carboxylic acids is 1. The molecule has 4 nitrogen and oxygen atoms in total. The third kappa shape index (κ3) is 3.45. The summed E-state index contributed by atoms with van der Waals surface area (Å²) in [5.41, 5.74) is 2.56. The third-order valence-electron chi connectivity index (χ3n) is 4.81. The second-order valence-corrected chi connectivity index (χ2v) is 7.37. The summed E-state index contributed by atoms with van der Waals surface area (Å²) in [7, 11) is 0. The standard InChI is InChI=1S/C20H19Cl2N3O/c21-15-5-3-4-14(12-15)13-24-8-10-25(11-9-24)20(26)19-18(22)16-6-1-2-7-17(16)23-19/h1-7,12,23H,8-11,13H2. The van der Waals surface area contributed by atoms with Gasteiger partial charge in [-0.25, -0.2) is 0 Å². The minimum Gasteiger partial charge on any atom is -0.349 e. The highest BCUT2D eigenvalue weighted by atomic mass is 35.5. The summed E-state index contributed by atoms with van der Waals surface area (Å²) >= 11 is 12.5. The Kier molecular flexibility index (Phi) is 4.90. The number of rotatable bonds is 3. The van der Waals surface area contributed by atoms with Crippen molar-refractivity contribution in [2.24, 2.45) is 0 Å². The molecule has 134 valence electrons. The maximum absolute atomic E-state index is 12.9. The number of aromatic amines is 1. The first-order chi connectivity index (χ1) is 12.6. The first kappa shape index (κ1) is 17.4. The second-order valence-electron chi connectivity index (χ2n) is 6.56. The van der Waals surface area contributed by atoms with Crippen LogP contribution < -0.4 is 0 Å². The quantitative estimate of drug-likeness (QED) is 0.721. The van der Waals surface area contributed by atoms with E-state index >= 15 is 0 Å². The zero-order valence-electron chi connectivity index (χ0n) is 14.2. The molecule has 0 atom stereocenters. The molecule has 1 saturated heterocycles. The SMILES string of the molecule is O=C(c1[nH]c2ccccc2c1Cl)N1CCN(Cc2cccc(Cl)c2)CC1. The van der Waals surface area contributed by atoms with Gasteiger partial charge in [0, 0.05) is 48.6 Å². The van der Waals surface area contributed by atoms with E-state index in [1.165, 1.54) is 5.56 Å². The molecule has 0 saturated carbocycles. The minimum absolute atomic E-state index is 0.0337. The van der Waals surface area contributed by atoms with Gasteiger partial charge in [0.05, 0.1) is 5.02 Å². The molecule has 0 aliphatic carbocycles. The van der Waals surface area contributed by atoms with Gasteiger partial charge in [0.15, 0.2) is 0 Å². The van der Waals surface area contributed by atoms with Crippen LogP contribution in [0, 0.1) is 0 Å². The van der Waals surface area contributed by atoms with E-state index in [0.29, 0.717) is 23.8 Å². The number of amides is 1. The molecule has 0 unspecified atom stereocenters. The predicted octanol–water partition coefficient (Wildman–Crippen LogP) is 4.43. The van der Waals surface area contributed by atoms with Gasteiger partial charge in [-0.15, -0.1) is 0 Å². The number of hydrogen-bond donors (Lipinski definition) is 1. The highest BCUT2D eigenvalue weighted by Crippen LogP contribution is 2.28. The fourth-order valence-corrected chi connectivity index (χ4v) is 3.92. The van der Waals surface area contributed by atoms with Crippen molar-refractivity contribution in [3.8, 4) is 0 Å². The van der Waals surface area contributed by atoms with Crippen molar-refractivity contribution < 1.29 is 4.79 Å². The van der Waals surface area contributed by atoms with Crippen molar-refractivity contribution in [2.75, 3.05) is 26.2 Å². The number of benzene rings is 2. The Bertz CT molecular complexity index is 945. The van der Waals surface area contributed by atoms with Crippen LogP contribution in [0.1, 0.15) is 16.1 Å². The van der Waals surface area contributed by atoms with E-state index in [0.717, 1.165) is 35.6 Å². The molecule has 3 aromatic rings. The normalized spacial score (nSPS) is 15.5. The molecule has 1 N–H and O–H groups in total. The molecule has 6 heteroatoms. The van der Waals surface area contributed by atoms with Crippen molar-refractivity contribution in [1.29, 1.82) is 0 Å². The lowest BCUT2D eigenvalue weighted by molar-refractivity contribution is 0.0624. The Morgan fingerprint density at radius 3 is 2.50 bits per heavy atom. The topological polar surface area (TPSA) is 39.3 Å². The van der Waals surface area contributed by atoms with Crippen LogP contribution in [0.15, 0.2) is 48.5 Å². The summed E-state index contributed by atoms with van der Waals surface area (Å²) in [6.45, 7) is 3.87. The molecule has 2 aromatic carbocycles. The number of piperazine rings is 1. The van der Waals surface area contributed by atoms with Crippen LogP contribution in [-0.2, 0) is 6.54 Å². The van der Waals surface area contributed by atoms with Gasteiger partial charge in [-0.2, -0.15) is 0 Å². The Balaban J connectivity index is 1.42. The van der Waals surface area contributed by atoms with Crippen LogP contribution in [0.5, 0.6) is 0 Å². The Labute approximate surface area is 162 Å². The average molecular weight is 388 g/mol. The molecule has 0 bridgehead atoms. The first-order valence-corrected chi connectivity index (χ1v) is 9.40. The number of nitrogens with one attached hydrogen (secondary N) is 1. The predicted molar refractivity (Wildman–Crippen MR) is 106 cm³/mol. The molecule has 0 radical (unpaired) electrons. The van der Waals surface area contributed by atoms with Gasteiger partial charge in [-0.1, -0.05) is 53.5 Å². The number of aromatic nitrogens is 1. The summed E-state index contributed by atoms with van der Waals surface area (Å²) in [5, 5.41) is 2.15. The summed E-state index contributed by atoms with van der Waals surface area (Å²) < 4.78 is 0. The van der Waals surface area contributed by atoms with Crippen molar-refractivity contribution in [2.45, 2.75) is 6.54 Å². The van der Waals surface area contributed by atoms with Gasteiger partial charge in [0.25, 0.3) is 5.91 Å². The monoisotopic (exact) mass is 387 g/mol. The lowest BCUT2D eigenvalue weighted by atomic mass is 10.2. The Morgan fingerprint density at radius 1 is 1.00 bits per heavy atom. The van der Waals surface area contributed by atoms with E-state index in [2.05, 4.69) is 16.0 Å². The number of carbonyl (C=O) groups is 1. The lowest BCUT2D eigenvalue weighted by Crippen LogP contribution is -2.48. The van der Waals surface area contributed by atoms with E-state index in [-0.39, 0.29) is 5.91 Å². The smallest absolute Gasteiger partial charge is 0.271 e. The zero-order valence-corrected chi connectivity index (χ0v) is 15.7. The van der Waals surface area contributed by atoms with E-state index in [1.807, 2.05) is 47.4 Å². The molecular weight excluding hydrogens is 369 g/mol. The number of hydrogen-bond acceptors (Lipinski definition) is 2. The fourth-order valence-electron chi connectivity index (χ4n) is 3.42. The van der Waals surface area contributed by atoms with Crippen molar-refractivity contribution in [3.63, 3.8) is 0 Å². The van der Waals surface area contributed by atoms with Gasteiger partial charge < -0.3 is 9.88 Å². The maximum Gasteiger partial charge on any atom is 0.271 e. The van der Waals surface area contributed by atoms with E-state index < -0.39 is 0 Å². The van der Waals surface area contributed by atoms with Gasteiger partial charge in [0.1, 0.15) is 5.69 Å². The highest BCUT2D eigenvalue weighted by molar-refractivity contribution is 6.38. The maximum atomic E-state index is 12.9. The van der Waals surface area contributed by atoms with E-state index in [1.54, 1.807) is 0 Å². The largest absolute Gasteiger partial charge is 0.349 e. The first-order valence-electron chi connectivity index (χ1n) is 8.64. The van der Waals surface area contributed by atoms with Crippen LogP contribution in [0.3, 0.4) is 0 Å². The molecule has 26 heavy (non-hydrogen) atoms. The Morgan fingerprint density at radius 2 is 1.77 bits per heavy atom. The molecule has 4 rings (SSSR count). The number of halogens is 2. The second kappa shape index (κ2) is 7.31. The number of H-pyrrole nitrogens is 1. The van der Waals surface area contributed by atoms with Crippen molar-refractivity contribution in [1.82, 2.24) is 14.8 Å². The van der Waals surface area contributed by atoms with Crippen LogP contribution in [0.4, 0.5) is 0 Å². The molecule has 0 spiro atoms. The molecule has 1 aromatic heterocycles. The molecule has 1 aliphatic heterocycles. The summed E-state index contributed by atoms with van der Waals surface area (Å²) in [5.74, 6) is -0.0337. The van der Waals surface area contributed by atoms with Crippen LogP contribution in [0.2, 0.25) is 10.0 Å². The van der Waals surface area contributed by atoms with Crippen LogP contribution >= 0.6 is 23.2 Å². The van der Waals surface area contributed by atoms with Gasteiger partial charge in [0.2, 0.25) is 0 Å². The minimum atomic E-state index is -0.0337. The van der Waals surface area contributed by atoms with Crippen LogP contribution in [0.25, 0.3) is 10.9 Å². The van der Waals surface area contributed by atoms with Crippen molar-refractivity contribution >= 4 is 40.0 Å². The lowest BCUT2D eigenvalue weighted by Gasteiger charge is -2.34. The number of fused-ring (bicyclic) bond motifs is 1. The van der Waals surface area contributed by atoms with Gasteiger partial charge >= 0.3 is 0 Å².